The van der Waals surface area contributed by atoms with Crippen LogP contribution in [-0.4, -0.2) is 18.1 Å². The van der Waals surface area contributed by atoms with Crippen molar-refractivity contribution in [1.82, 2.24) is 5.32 Å². The first-order valence-electron chi connectivity index (χ1n) is 8.02. The maximum absolute atomic E-state index is 12.1. The van der Waals surface area contributed by atoms with Gasteiger partial charge in [-0.1, -0.05) is 46.8 Å². The molecule has 0 unspecified atom stereocenters. The van der Waals surface area contributed by atoms with Crippen molar-refractivity contribution >= 4 is 5.91 Å². The predicted molar refractivity (Wildman–Crippen MR) is 92.3 cm³/mol. The zero-order valence-electron chi connectivity index (χ0n) is 15.1. The highest BCUT2D eigenvalue weighted by Gasteiger charge is 2.26. The summed E-state index contributed by atoms with van der Waals surface area (Å²) >= 11 is 0. The van der Waals surface area contributed by atoms with Crippen LogP contribution >= 0.6 is 0 Å². The monoisotopic (exact) mass is 305 g/mol. The highest BCUT2D eigenvalue weighted by atomic mass is 16.5. The topological polar surface area (TPSA) is 38.3 Å². The van der Waals surface area contributed by atoms with Crippen molar-refractivity contribution < 1.29 is 9.53 Å². The van der Waals surface area contributed by atoms with Gasteiger partial charge >= 0.3 is 0 Å². The lowest BCUT2D eigenvalue weighted by Crippen LogP contribution is -2.47. The van der Waals surface area contributed by atoms with Gasteiger partial charge in [0.2, 0.25) is 0 Å². The third-order valence-corrected chi connectivity index (χ3v) is 3.37. The van der Waals surface area contributed by atoms with E-state index in [0.29, 0.717) is 5.92 Å². The molecule has 3 nitrogen and oxygen atoms in total. The van der Waals surface area contributed by atoms with Crippen LogP contribution in [0.25, 0.3) is 0 Å². The summed E-state index contributed by atoms with van der Waals surface area (Å²) < 4.78 is 5.57. The summed E-state index contributed by atoms with van der Waals surface area (Å²) in [5, 5.41) is 3.05. The Labute approximate surface area is 135 Å². The summed E-state index contributed by atoms with van der Waals surface area (Å²) in [5.41, 5.74) is 1.20. The number of ether oxygens (including phenoxy) is 1. The van der Waals surface area contributed by atoms with Gasteiger partial charge in [-0.15, -0.1) is 0 Å². The zero-order valence-corrected chi connectivity index (χ0v) is 15.1. The van der Waals surface area contributed by atoms with Crippen LogP contribution in [-0.2, 0) is 4.79 Å². The van der Waals surface area contributed by atoms with E-state index in [-0.39, 0.29) is 23.5 Å². The minimum Gasteiger partial charge on any atom is -0.484 e. The molecule has 0 aliphatic carbocycles. The van der Waals surface area contributed by atoms with Gasteiger partial charge in [-0.2, -0.15) is 0 Å². The molecule has 0 spiro atoms. The summed E-state index contributed by atoms with van der Waals surface area (Å²) in [5.74, 6) is 1.14. The third-order valence-electron chi connectivity index (χ3n) is 3.37. The molecule has 0 saturated carbocycles. The first-order valence-corrected chi connectivity index (χ1v) is 8.02. The Bertz CT molecular complexity index is 481. The van der Waals surface area contributed by atoms with Crippen LogP contribution in [0.1, 0.15) is 66.4 Å². The summed E-state index contributed by atoms with van der Waals surface area (Å²) in [6.07, 6.45) is 0.912. The molecule has 1 N–H and O–H groups in total. The molecule has 0 heterocycles. The molecule has 1 amide bonds. The summed E-state index contributed by atoms with van der Waals surface area (Å²) in [7, 11) is 0. The van der Waals surface area contributed by atoms with E-state index in [2.05, 4.69) is 39.9 Å². The first kappa shape index (κ1) is 18.5. The molecule has 0 atom stereocenters. The third kappa shape index (κ3) is 6.97. The Hall–Kier alpha value is -1.51. The van der Waals surface area contributed by atoms with Crippen LogP contribution in [0.4, 0.5) is 0 Å². The Morgan fingerprint density at radius 3 is 2.09 bits per heavy atom. The maximum atomic E-state index is 12.1. The van der Waals surface area contributed by atoms with Crippen molar-refractivity contribution in [3.63, 3.8) is 0 Å². The van der Waals surface area contributed by atoms with Crippen LogP contribution in [0.5, 0.6) is 5.75 Å². The molecule has 0 fully saturated rings. The average Bonchev–Trinajstić information content (AvgIpc) is 2.33. The van der Waals surface area contributed by atoms with Gasteiger partial charge in [0.05, 0.1) is 0 Å². The fourth-order valence-corrected chi connectivity index (χ4v) is 2.88. The average molecular weight is 305 g/mol. The quantitative estimate of drug-likeness (QED) is 0.839. The highest BCUT2D eigenvalue weighted by molar-refractivity contribution is 5.78. The van der Waals surface area contributed by atoms with Gasteiger partial charge in [0.1, 0.15) is 5.75 Å². The summed E-state index contributed by atoms with van der Waals surface area (Å²) in [6, 6.07) is 7.93. The fraction of sp³-hybridized carbons (Fsp3) is 0.632. The van der Waals surface area contributed by atoms with Gasteiger partial charge in [-0.3, -0.25) is 4.79 Å². The standard InChI is InChI=1S/C19H31NO2/c1-14(2)15-8-10-16(11-9-15)22-12-17(21)20-19(6,7)13-18(3,4)5/h8-11,14H,12-13H2,1-7H3,(H,20,21). The smallest absolute Gasteiger partial charge is 0.258 e. The van der Waals surface area contributed by atoms with E-state index in [1.807, 2.05) is 38.1 Å². The van der Waals surface area contributed by atoms with E-state index in [0.717, 1.165) is 12.2 Å². The Kier molecular flexibility index (Phi) is 6.04. The van der Waals surface area contributed by atoms with Crippen LogP contribution < -0.4 is 10.1 Å². The van der Waals surface area contributed by atoms with Crippen molar-refractivity contribution in [3.8, 4) is 5.75 Å². The first-order chi connectivity index (χ1) is 9.98. The second-order valence-corrected chi connectivity index (χ2v) is 8.18. The number of amides is 1. The van der Waals surface area contributed by atoms with E-state index in [4.69, 9.17) is 4.74 Å². The Balaban J connectivity index is 2.49. The van der Waals surface area contributed by atoms with Gasteiger partial charge in [0.25, 0.3) is 5.91 Å². The van der Waals surface area contributed by atoms with Crippen molar-refractivity contribution in [2.75, 3.05) is 6.61 Å². The normalized spacial score (nSPS) is 12.4. The molecule has 3 heteroatoms. The van der Waals surface area contributed by atoms with Crippen LogP contribution in [0.3, 0.4) is 0 Å². The minimum atomic E-state index is -0.236. The molecular formula is C19H31NO2. The largest absolute Gasteiger partial charge is 0.484 e. The van der Waals surface area contributed by atoms with E-state index >= 15 is 0 Å². The van der Waals surface area contributed by atoms with Gasteiger partial charge in [-0.05, 0) is 49.3 Å². The number of benzene rings is 1. The fourth-order valence-electron chi connectivity index (χ4n) is 2.88. The van der Waals surface area contributed by atoms with Crippen molar-refractivity contribution in [2.24, 2.45) is 5.41 Å². The van der Waals surface area contributed by atoms with E-state index < -0.39 is 0 Å². The molecule has 0 saturated heterocycles. The molecule has 22 heavy (non-hydrogen) atoms. The summed E-state index contributed by atoms with van der Waals surface area (Å²) in [6.45, 7) is 15.0. The van der Waals surface area contributed by atoms with Crippen LogP contribution in [0.2, 0.25) is 0 Å². The van der Waals surface area contributed by atoms with Crippen molar-refractivity contribution in [3.05, 3.63) is 29.8 Å². The lowest BCUT2D eigenvalue weighted by molar-refractivity contribution is -0.125. The van der Waals surface area contributed by atoms with Gasteiger partial charge in [0, 0.05) is 5.54 Å². The molecule has 0 bridgehead atoms. The Morgan fingerprint density at radius 1 is 1.09 bits per heavy atom. The predicted octanol–water partition coefficient (Wildman–Crippen LogP) is 4.52. The molecule has 0 aliphatic heterocycles. The molecule has 0 aliphatic rings. The minimum absolute atomic E-state index is 0.0502. The number of carbonyl (C=O) groups is 1. The number of hydrogen-bond donors (Lipinski definition) is 1. The van der Waals surface area contributed by atoms with E-state index in [9.17, 15) is 4.79 Å². The zero-order chi connectivity index (χ0) is 17.0. The van der Waals surface area contributed by atoms with Crippen LogP contribution in [0.15, 0.2) is 24.3 Å². The second kappa shape index (κ2) is 7.17. The Morgan fingerprint density at radius 2 is 1.64 bits per heavy atom. The number of rotatable bonds is 6. The second-order valence-electron chi connectivity index (χ2n) is 8.18. The maximum Gasteiger partial charge on any atom is 0.258 e. The lowest BCUT2D eigenvalue weighted by atomic mass is 9.82. The SMILES string of the molecule is CC(C)c1ccc(OCC(=O)NC(C)(C)CC(C)(C)C)cc1. The van der Waals surface area contributed by atoms with Crippen molar-refractivity contribution in [2.45, 2.75) is 66.3 Å². The molecule has 1 aromatic rings. The van der Waals surface area contributed by atoms with Crippen LogP contribution in [0, 0.1) is 5.41 Å². The molecule has 0 aromatic heterocycles. The van der Waals surface area contributed by atoms with E-state index in [1.165, 1.54) is 5.56 Å². The molecule has 1 aromatic carbocycles. The molecule has 124 valence electrons. The molecule has 0 radical (unpaired) electrons. The number of hydrogen-bond acceptors (Lipinski definition) is 2. The summed E-state index contributed by atoms with van der Waals surface area (Å²) in [4.78, 5) is 12.1. The van der Waals surface area contributed by atoms with Crippen molar-refractivity contribution in [1.29, 1.82) is 0 Å². The van der Waals surface area contributed by atoms with Gasteiger partial charge < -0.3 is 10.1 Å². The van der Waals surface area contributed by atoms with Gasteiger partial charge in [0.15, 0.2) is 6.61 Å². The van der Waals surface area contributed by atoms with Gasteiger partial charge in [-0.25, -0.2) is 0 Å². The van der Waals surface area contributed by atoms with E-state index in [1.54, 1.807) is 0 Å². The molecular weight excluding hydrogens is 274 g/mol. The lowest BCUT2D eigenvalue weighted by Gasteiger charge is -2.33. The highest BCUT2D eigenvalue weighted by Crippen LogP contribution is 2.26. The molecule has 1 rings (SSSR count). The number of nitrogens with one attached hydrogen (secondary N) is 1. The number of carbonyl (C=O) groups excluding carboxylic acids is 1.